The van der Waals surface area contributed by atoms with Gasteiger partial charge >= 0.3 is 0 Å². The maximum atomic E-state index is 12.8. The molecule has 1 heterocycles. The van der Waals surface area contributed by atoms with Crippen molar-refractivity contribution in [1.29, 1.82) is 0 Å². The second-order valence-corrected chi connectivity index (χ2v) is 8.34. The standard InChI is InChI=1S/C15H20N2O2S2/c1-12-13(2)20-10-9-17(12)21(18,19)15-7-3-5-14(11-15)6-4-8-16/h3,5,7,11-13H,8-10,16H2,1-2H3. The number of rotatable bonds is 2. The molecule has 114 valence electrons. The van der Waals surface area contributed by atoms with Crippen LogP contribution in [0, 0.1) is 11.8 Å². The highest BCUT2D eigenvalue weighted by Crippen LogP contribution is 2.29. The van der Waals surface area contributed by atoms with Crippen molar-refractivity contribution < 1.29 is 8.42 Å². The average Bonchev–Trinajstić information content (AvgIpc) is 2.48. The van der Waals surface area contributed by atoms with Crippen LogP contribution in [0.15, 0.2) is 29.2 Å². The monoisotopic (exact) mass is 324 g/mol. The Morgan fingerprint density at radius 1 is 1.43 bits per heavy atom. The molecule has 0 aliphatic carbocycles. The number of sulfonamides is 1. The summed E-state index contributed by atoms with van der Waals surface area (Å²) in [5, 5.41) is 0.300. The Labute approximate surface area is 131 Å². The molecule has 1 aromatic rings. The fourth-order valence-electron chi connectivity index (χ4n) is 2.27. The van der Waals surface area contributed by atoms with Crippen LogP contribution in [-0.2, 0) is 10.0 Å². The van der Waals surface area contributed by atoms with Gasteiger partial charge in [-0.1, -0.05) is 24.8 Å². The predicted octanol–water partition coefficient (Wildman–Crippen LogP) is 1.51. The van der Waals surface area contributed by atoms with Gasteiger partial charge in [0.2, 0.25) is 10.0 Å². The van der Waals surface area contributed by atoms with Crippen molar-refractivity contribution in [3.05, 3.63) is 29.8 Å². The van der Waals surface area contributed by atoms with Gasteiger partial charge in [-0.25, -0.2) is 8.42 Å². The molecule has 1 aromatic carbocycles. The van der Waals surface area contributed by atoms with E-state index in [4.69, 9.17) is 5.73 Å². The van der Waals surface area contributed by atoms with E-state index in [1.165, 1.54) is 0 Å². The molecule has 0 saturated carbocycles. The fourth-order valence-corrected chi connectivity index (χ4v) is 5.31. The van der Waals surface area contributed by atoms with E-state index in [9.17, 15) is 8.42 Å². The van der Waals surface area contributed by atoms with Gasteiger partial charge in [-0.05, 0) is 25.1 Å². The smallest absolute Gasteiger partial charge is 0.243 e. The van der Waals surface area contributed by atoms with Crippen LogP contribution >= 0.6 is 11.8 Å². The van der Waals surface area contributed by atoms with Crippen LogP contribution < -0.4 is 5.73 Å². The van der Waals surface area contributed by atoms with Crippen LogP contribution in [0.3, 0.4) is 0 Å². The van der Waals surface area contributed by atoms with E-state index in [0.29, 0.717) is 22.3 Å². The van der Waals surface area contributed by atoms with Gasteiger partial charge in [0.05, 0.1) is 11.4 Å². The Balaban J connectivity index is 2.35. The van der Waals surface area contributed by atoms with Crippen LogP contribution in [0.1, 0.15) is 19.4 Å². The summed E-state index contributed by atoms with van der Waals surface area (Å²) in [6.45, 7) is 4.85. The summed E-state index contributed by atoms with van der Waals surface area (Å²) >= 11 is 1.81. The molecule has 2 atom stereocenters. The van der Waals surface area contributed by atoms with E-state index in [2.05, 4.69) is 18.8 Å². The molecular weight excluding hydrogens is 304 g/mol. The van der Waals surface area contributed by atoms with E-state index in [-0.39, 0.29) is 12.6 Å². The second kappa shape index (κ2) is 6.84. The minimum Gasteiger partial charge on any atom is -0.320 e. The zero-order valence-electron chi connectivity index (χ0n) is 12.2. The molecule has 0 spiro atoms. The van der Waals surface area contributed by atoms with Crippen molar-refractivity contribution in [1.82, 2.24) is 4.31 Å². The van der Waals surface area contributed by atoms with Gasteiger partial charge in [0, 0.05) is 29.2 Å². The first kappa shape index (κ1) is 16.4. The fraction of sp³-hybridized carbons (Fsp3) is 0.467. The van der Waals surface area contributed by atoms with Crippen LogP contribution in [0.2, 0.25) is 0 Å². The van der Waals surface area contributed by atoms with Crippen molar-refractivity contribution in [3.8, 4) is 11.8 Å². The summed E-state index contributed by atoms with van der Waals surface area (Å²) < 4.78 is 27.2. The summed E-state index contributed by atoms with van der Waals surface area (Å²) in [5.74, 6) is 6.45. The molecule has 1 fully saturated rings. The van der Waals surface area contributed by atoms with Crippen molar-refractivity contribution >= 4 is 21.8 Å². The molecule has 0 aromatic heterocycles. The molecule has 1 aliphatic heterocycles. The van der Waals surface area contributed by atoms with Crippen LogP contribution in [0.4, 0.5) is 0 Å². The maximum Gasteiger partial charge on any atom is 0.243 e. The first-order valence-electron chi connectivity index (χ1n) is 6.89. The Kier molecular flexibility index (Phi) is 5.33. The van der Waals surface area contributed by atoms with Gasteiger partial charge in [-0.3, -0.25) is 0 Å². The van der Waals surface area contributed by atoms with E-state index in [1.54, 1.807) is 28.6 Å². The van der Waals surface area contributed by atoms with Crippen molar-refractivity contribution in [2.75, 3.05) is 18.8 Å². The lowest BCUT2D eigenvalue weighted by Crippen LogP contribution is -2.47. The molecular formula is C15H20N2O2S2. The van der Waals surface area contributed by atoms with Gasteiger partial charge in [-0.2, -0.15) is 16.1 Å². The summed E-state index contributed by atoms with van der Waals surface area (Å²) in [4.78, 5) is 0.303. The highest BCUT2D eigenvalue weighted by Gasteiger charge is 2.34. The van der Waals surface area contributed by atoms with Crippen LogP contribution in [0.25, 0.3) is 0 Å². The number of nitrogens with zero attached hydrogens (tertiary/aromatic N) is 1. The largest absolute Gasteiger partial charge is 0.320 e. The van der Waals surface area contributed by atoms with E-state index >= 15 is 0 Å². The summed E-state index contributed by atoms with van der Waals surface area (Å²) in [6.07, 6.45) is 0. The second-order valence-electron chi connectivity index (χ2n) is 4.97. The van der Waals surface area contributed by atoms with E-state index < -0.39 is 10.0 Å². The summed E-state index contributed by atoms with van der Waals surface area (Å²) in [6, 6.07) is 6.76. The SMILES string of the molecule is CC1SCCN(S(=O)(=O)c2cccc(C#CCN)c2)C1C. The third-order valence-electron chi connectivity index (χ3n) is 3.60. The van der Waals surface area contributed by atoms with Crippen LogP contribution in [0.5, 0.6) is 0 Å². The maximum absolute atomic E-state index is 12.8. The lowest BCUT2D eigenvalue weighted by Gasteiger charge is -2.36. The van der Waals surface area contributed by atoms with Gasteiger partial charge in [0.1, 0.15) is 0 Å². The third-order valence-corrected chi connectivity index (χ3v) is 6.92. The molecule has 4 nitrogen and oxygen atoms in total. The van der Waals surface area contributed by atoms with Crippen molar-refractivity contribution in [2.45, 2.75) is 30.0 Å². The van der Waals surface area contributed by atoms with Crippen molar-refractivity contribution in [3.63, 3.8) is 0 Å². The number of thioether (sulfide) groups is 1. The molecule has 0 radical (unpaired) electrons. The zero-order chi connectivity index (χ0) is 15.5. The normalized spacial score (nSPS) is 23.4. The number of benzene rings is 1. The third kappa shape index (κ3) is 3.61. The van der Waals surface area contributed by atoms with Crippen molar-refractivity contribution in [2.24, 2.45) is 5.73 Å². The Bertz CT molecular complexity index is 662. The molecule has 2 rings (SSSR count). The number of hydrogen-bond donors (Lipinski definition) is 1. The molecule has 0 amide bonds. The average molecular weight is 324 g/mol. The van der Waals surface area contributed by atoms with Gasteiger partial charge < -0.3 is 5.73 Å². The lowest BCUT2D eigenvalue weighted by molar-refractivity contribution is 0.340. The summed E-state index contributed by atoms with van der Waals surface area (Å²) in [5.41, 5.74) is 6.02. The van der Waals surface area contributed by atoms with Gasteiger partial charge in [0.15, 0.2) is 0 Å². The highest BCUT2D eigenvalue weighted by molar-refractivity contribution is 8.00. The molecule has 2 unspecified atom stereocenters. The van der Waals surface area contributed by atoms with Gasteiger partial charge in [0.25, 0.3) is 0 Å². The Morgan fingerprint density at radius 3 is 2.90 bits per heavy atom. The van der Waals surface area contributed by atoms with Crippen LogP contribution in [-0.4, -0.2) is 42.9 Å². The molecule has 2 N–H and O–H groups in total. The molecule has 21 heavy (non-hydrogen) atoms. The minimum absolute atomic E-state index is 0.00691. The molecule has 6 heteroatoms. The minimum atomic E-state index is -3.47. The quantitative estimate of drug-likeness (QED) is 0.838. The van der Waals surface area contributed by atoms with E-state index in [0.717, 1.165) is 5.75 Å². The highest BCUT2D eigenvalue weighted by atomic mass is 32.2. The van der Waals surface area contributed by atoms with E-state index in [1.807, 2.05) is 18.7 Å². The molecule has 0 bridgehead atoms. The Morgan fingerprint density at radius 2 is 2.19 bits per heavy atom. The Hall–Kier alpha value is -1.00. The lowest BCUT2D eigenvalue weighted by atomic mass is 10.2. The van der Waals surface area contributed by atoms with Gasteiger partial charge in [-0.15, -0.1) is 0 Å². The predicted molar refractivity (Wildman–Crippen MR) is 87.6 cm³/mol. The molecule has 1 aliphatic rings. The number of hydrogen-bond acceptors (Lipinski definition) is 4. The zero-order valence-corrected chi connectivity index (χ0v) is 13.9. The first-order chi connectivity index (χ1) is 9.96. The number of nitrogens with two attached hydrogens (primary N) is 1. The molecule has 1 saturated heterocycles. The summed E-state index contributed by atoms with van der Waals surface area (Å²) in [7, 11) is -3.47. The topological polar surface area (TPSA) is 63.4 Å². The first-order valence-corrected chi connectivity index (χ1v) is 9.38.